The van der Waals surface area contributed by atoms with Crippen LogP contribution in [0.25, 0.3) is 10.8 Å². The average Bonchev–Trinajstić information content (AvgIpc) is 2.71. The number of benzene rings is 3. The molecule has 0 bridgehead atoms. The van der Waals surface area contributed by atoms with Crippen LogP contribution in [0.15, 0.2) is 72.1 Å². The summed E-state index contributed by atoms with van der Waals surface area (Å²) < 4.78 is 10.9. The van der Waals surface area contributed by atoms with Crippen LogP contribution in [0.2, 0.25) is 0 Å². The summed E-state index contributed by atoms with van der Waals surface area (Å²) in [6, 6.07) is 17.7. The van der Waals surface area contributed by atoms with Crippen molar-refractivity contribution in [3.63, 3.8) is 0 Å². The van der Waals surface area contributed by atoms with Crippen LogP contribution in [0.5, 0.6) is 5.75 Å². The summed E-state index contributed by atoms with van der Waals surface area (Å²) in [7, 11) is 0. The molecule has 0 spiro atoms. The lowest BCUT2D eigenvalue weighted by Gasteiger charge is -2.28. The first-order chi connectivity index (χ1) is 14.0. The standard InChI is InChI=1S/C22H18N2O5/c1-2-28-22(25)20-19(15-9-5-6-10-17(15)24(26)27)16-11-13-7-3-4-8-14(13)12-18(16)29-21(20)23/h3-12,19H,2,23H2,1H3. The molecule has 1 unspecified atom stereocenters. The maximum Gasteiger partial charge on any atom is 0.340 e. The fourth-order valence-corrected chi connectivity index (χ4v) is 3.67. The van der Waals surface area contributed by atoms with Crippen molar-refractivity contribution in [3.8, 4) is 5.75 Å². The molecule has 4 rings (SSSR count). The lowest BCUT2D eigenvalue weighted by atomic mass is 9.81. The van der Waals surface area contributed by atoms with Gasteiger partial charge in [-0.2, -0.15) is 0 Å². The largest absolute Gasteiger partial charge is 0.462 e. The molecule has 0 radical (unpaired) electrons. The Morgan fingerprint density at radius 3 is 2.45 bits per heavy atom. The maximum absolute atomic E-state index is 12.7. The van der Waals surface area contributed by atoms with E-state index in [9.17, 15) is 14.9 Å². The maximum atomic E-state index is 12.7. The van der Waals surface area contributed by atoms with Crippen molar-refractivity contribution in [2.45, 2.75) is 12.8 Å². The van der Waals surface area contributed by atoms with E-state index in [1.54, 1.807) is 25.1 Å². The lowest BCUT2D eigenvalue weighted by Crippen LogP contribution is -2.27. The van der Waals surface area contributed by atoms with Gasteiger partial charge in [-0.25, -0.2) is 4.79 Å². The van der Waals surface area contributed by atoms with E-state index in [0.717, 1.165) is 10.8 Å². The summed E-state index contributed by atoms with van der Waals surface area (Å²) in [4.78, 5) is 24.0. The molecule has 1 heterocycles. The molecule has 2 N–H and O–H groups in total. The molecule has 146 valence electrons. The predicted molar refractivity (Wildman–Crippen MR) is 107 cm³/mol. The molecule has 0 saturated heterocycles. The number of carbonyl (C=O) groups excluding carboxylic acids is 1. The number of hydrogen-bond donors (Lipinski definition) is 1. The van der Waals surface area contributed by atoms with Crippen molar-refractivity contribution in [2.24, 2.45) is 5.73 Å². The lowest BCUT2D eigenvalue weighted by molar-refractivity contribution is -0.385. The van der Waals surface area contributed by atoms with E-state index in [4.69, 9.17) is 15.2 Å². The molecule has 3 aromatic rings. The van der Waals surface area contributed by atoms with E-state index in [-0.39, 0.29) is 23.8 Å². The van der Waals surface area contributed by atoms with Gasteiger partial charge < -0.3 is 15.2 Å². The Morgan fingerprint density at radius 2 is 1.76 bits per heavy atom. The smallest absolute Gasteiger partial charge is 0.340 e. The molecule has 0 aromatic heterocycles. The summed E-state index contributed by atoms with van der Waals surface area (Å²) in [6.45, 7) is 1.82. The van der Waals surface area contributed by atoms with Gasteiger partial charge in [0.2, 0.25) is 5.88 Å². The van der Waals surface area contributed by atoms with Crippen molar-refractivity contribution in [1.29, 1.82) is 0 Å². The zero-order valence-corrected chi connectivity index (χ0v) is 15.6. The van der Waals surface area contributed by atoms with Crippen LogP contribution >= 0.6 is 0 Å². The van der Waals surface area contributed by atoms with Crippen LogP contribution in [-0.2, 0) is 9.53 Å². The minimum Gasteiger partial charge on any atom is -0.462 e. The SMILES string of the molecule is CCOC(=O)C1=C(N)Oc2cc3ccccc3cc2C1c1ccccc1[N+](=O)[O-]. The van der Waals surface area contributed by atoms with Gasteiger partial charge in [0.25, 0.3) is 5.69 Å². The Hall–Kier alpha value is -3.87. The first-order valence-corrected chi connectivity index (χ1v) is 9.12. The van der Waals surface area contributed by atoms with E-state index in [2.05, 4.69) is 0 Å². The highest BCUT2D eigenvalue weighted by molar-refractivity contribution is 5.94. The summed E-state index contributed by atoms with van der Waals surface area (Å²) in [5.74, 6) is -1.11. The molecule has 29 heavy (non-hydrogen) atoms. The van der Waals surface area contributed by atoms with Crippen LogP contribution in [-0.4, -0.2) is 17.5 Å². The monoisotopic (exact) mass is 390 g/mol. The van der Waals surface area contributed by atoms with Crippen LogP contribution in [0.1, 0.15) is 24.0 Å². The molecule has 1 atom stereocenters. The van der Waals surface area contributed by atoms with Gasteiger partial charge in [0, 0.05) is 17.2 Å². The van der Waals surface area contributed by atoms with Gasteiger partial charge >= 0.3 is 5.97 Å². The van der Waals surface area contributed by atoms with Gasteiger partial charge in [0.15, 0.2) is 0 Å². The minimum absolute atomic E-state index is 0.0592. The molecule has 7 heteroatoms. The van der Waals surface area contributed by atoms with Crippen LogP contribution in [0.4, 0.5) is 5.69 Å². The molecule has 1 aliphatic heterocycles. The first kappa shape index (κ1) is 18.5. The molecule has 1 aliphatic rings. The number of fused-ring (bicyclic) bond motifs is 2. The van der Waals surface area contributed by atoms with Gasteiger partial charge in [-0.1, -0.05) is 42.5 Å². The van der Waals surface area contributed by atoms with Crippen molar-refractivity contribution in [3.05, 3.63) is 93.4 Å². The number of rotatable bonds is 4. The highest BCUT2D eigenvalue weighted by Crippen LogP contribution is 2.46. The second-order valence-corrected chi connectivity index (χ2v) is 6.59. The number of hydrogen-bond acceptors (Lipinski definition) is 6. The van der Waals surface area contributed by atoms with Gasteiger partial charge in [0.05, 0.1) is 17.4 Å². The number of ether oxygens (including phenoxy) is 2. The summed E-state index contributed by atoms with van der Waals surface area (Å²) in [5.41, 5.74) is 7.04. The molecule has 0 saturated carbocycles. The van der Waals surface area contributed by atoms with Crippen molar-refractivity contribution in [2.75, 3.05) is 6.61 Å². The number of nitrogens with two attached hydrogens (primary N) is 1. The molecule has 0 amide bonds. The number of para-hydroxylation sites is 1. The first-order valence-electron chi connectivity index (χ1n) is 9.12. The number of esters is 1. The number of nitrogens with zero attached hydrogens (tertiary/aromatic N) is 1. The van der Waals surface area contributed by atoms with Gasteiger partial charge in [-0.15, -0.1) is 0 Å². The third-order valence-electron chi connectivity index (χ3n) is 4.90. The summed E-state index contributed by atoms with van der Waals surface area (Å²) in [5, 5.41) is 13.5. The van der Waals surface area contributed by atoms with Crippen molar-refractivity contribution in [1.82, 2.24) is 0 Å². The molecule has 3 aromatic carbocycles. The molecular weight excluding hydrogens is 372 g/mol. The van der Waals surface area contributed by atoms with Gasteiger partial charge in [-0.05, 0) is 29.8 Å². The molecule has 7 nitrogen and oxygen atoms in total. The second kappa shape index (κ2) is 7.27. The Balaban J connectivity index is 2.02. The van der Waals surface area contributed by atoms with E-state index < -0.39 is 16.8 Å². The third kappa shape index (κ3) is 3.16. The van der Waals surface area contributed by atoms with Crippen LogP contribution < -0.4 is 10.5 Å². The van der Waals surface area contributed by atoms with E-state index in [0.29, 0.717) is 16.9 Å². The number of carbonyl (C=O) groups is 1. The number of nitro benzene ring substituents is 1. The zero-order chi connectivity index (χ0) is 20.5. The average molecular weight is 390 g/mol. The molecule has 0 aliphatic carbocycles. The highest BCUT2D eigenvalue weighted by atomic mass is 16.6. The van der Waals surface area contributed by atoms with Crippen molar-refractivity contribution < 1.29 is 19.2 Å². The Labute approximate surface area is 166 Å². The fourth-order valence-electron chi connectivity index (χ4n) is 3.67. The van der Waals surface area contributed by atoms with E-state index >= 15 is 0 Å². The summed E-state index contributed by atoms with van der Waals surface area (Å²) >= 11 is 0. The van der Waals surface area contributed by atoms with E-state index in [1.807, 2.05) is 36.4 Å². The van der Waals surface area contributed by atoms with Gasteiger partial charge in [-0.3, -0.25) is 10.1 Å². The number of nitro groups is 1. The highest BCUT2D eigenvalue weighted by Gasteiger charge is 2.38. The summed E-state index contributed by atoms with van der Waals surface area (Å²) in [6.07, 6.45) is 0. The quantitative estimate of drug-likeness (QED) is 0.410. The van der Waals surface area contributed by atoms with Gasteiger partial charge in [0.1, 0.15) is 11.3 Å². The fraction of sp³-hybridized carbons (Fsp3) is 0.136. The van der Waals surface area contributed by atoms with Crippen molar-refractivity contribution >= 4 is 22.4 Å². The zero-order valence-electron chi connectivity index (χ0n) is 15.6. The second-order valence-electron chi connectivity index (χ2n) is 6.59. The molecule has 0 fully saturated rings. The molecular formula is C22H18N2O5. The van der Waals surface area contributed by atoms with E-state index in [1.165, 1.54) is 6.07 Å². The Morgan fingerprint density at radius 1 is 1.10 bits per heavy atom. The Kier molecular flexibility index (Phi) is 4.64. The third-order valence-corrected chi connectivity index (χ3v) is 4.90. The minimum atomic E-state index is -0.788. The predicted octanol–water partition coefficient (Wildman–Crippen LogP) is 4.01. The Bertz CT molecular complexity index is 1170. The topological polar surface area (TPSA) is 105 Å². The normalized spacial score (nSPS) is 15.6. The van der Waals surface area contributed by atoms with Crippen LogP contribution in [0, 0.1) is 10.1 Å². The van der Waals surface area contributed by atoms with Crippen LogP contribution in [0.3, 0.4) is 0 Å².